The van der Waals surface area contributed by atoms with E-state index in [1.54, 1.807) is 0 Å². The van der Waals surface area contributed by atoms with Crippen molar-refractivity contribution in [3.8, 4) is 5.75 Å². The second kappa shape index (κ2) is 6.05. The monoisotopic (exact) mass is 252 g/mol. The molecule has 0 unspecified atom stereocenters. The summed E-state index contributed by atoms with van der Waals surface area (Å²) in [5.74, 6) is -1.05. The highest BCUT2D eigenvalue weighted by molar-refractivity contribution is 5.95. The first-order chi connectivity index (χ1) is 8.43. The number of rotatable bonds is 5. The van der Waals surface area contributed by atoms with E-state index in [2.05, 4.69) is 4.74 Å². The molecular formula is C13H16O5. The number of carbonyl (C=O) groups is 2. The zero-order valence-corrected chi connectivity index (χ0v) is 10.6. The number of carboxylic acids is 1. The van der Waals surface area contributed by atoms with Crippen LogP contribution in [0.15, 0.2) is 18.2 Å². The van der Waals surface area contributed by atoms with Crippen LogP contribution >= 0.6 is 0 Å². The van der Waals surface area contributed by atoms with Crippen LogP contribution in [-0.2, 0) is 4.74 Å². The van der Waals surface area contributed by atoms with E-state index in [-0.39, 0.29) is 11.1 Å². The predicted octanol–water partition coefficient (Wildman–Crippen LogP) is 2.21. The van der Waals surface area contributed by atoms with Crippen molar-refractivity contribution in [1.82, 2.24) is 0 Å². The van der Waals surface area contributed by atoms with E-state index < -0.39 is 11.9 Å². The molecule has 0 saturated carbocycles. The zero-order valence-electron chi connectivity index (χ0n) is 10.6. The van der Waals surface area contributed by atoms with Gasteiger partial charge < -0.3 is 14.6 Å². The molecule has 0 bridgehead atoms. The lowest BCUT2D eigenvalue weighted by atomic mass is 10.1. The summed E-state index contributed by atoms with van der Waals surface area (Å²) in [5.41, 5.74) is 0.160. The van der Waals surface area contributed by atoms with Gasteiger partial charge >= 0.3 is 11.9 Å². The van der Waals surface area contributed by atoms with Crippen LogP contribution in [0.1, 0.15) is 34.6 Å². The largest absolute Gasteiger partial charge is 0.493 e. The van der Waals surface area contributed by atoms with Crippen LogP contribution in [0, 0.1) is 5.92 Å². The molecule has 1 N–H and O–H groups in total. The first kappa shape index (κ1) is 14.0. The molecule has 0 aromatic heterocycles. The summed E-state index contributed by atoms with van der Waals surface area (Å²) in [6, 6.07) is 4.12. The number of ether oxygens (including phenoxy) is 2. The second-order valence-electron chi connectivity index (χ2n) is 4.25. The first-order valence-electron chi connectivity index (χ1n) is 5.53. The minimum absolute atomic E-state index is 0.00310. The molecule has 5 nitrogen and oxygen atoms in total. The Kier molecular flexibility index (Phi) is 4.71. The number of esters is 1. The van der Waals surface area contributed by atoms with Gasteiger partial charge in [-0.2, -0.15) is 0 Å². The molecule has 0 heterocycles. The molecule has 0 aliphatic carbocycles. The molecule has 0 fully saturated rings. The van der Waals surface area contributed by atoms with Crippen LogP contribution < -0.4 is 4.74 Å². The van der Waals surface area contributed by atoms with Gasteiger partial charge in [0.05, 0.1) is 24.8 Å². The molecule has 0 aliphatic heterocycles. The molecule has 0 atom stereocenters. The maximum atomic E-state index is 11.4. The second-order valence-corrected chi connectivity index (χ2v) is 4.25. The normalized spacial score (nSPS) is 10.2. The van der Waals surface area contributed by atoms with Gasteiger partial charge in [0.2, 0.25) is 0 Å². The molecule has 5 heteroatoms. The van der Waals surface area contributed by atoms with E-state index >= 15 is 0 Å². The van der Waals surface area contributed by atoms with Crippen molar-refractivity contribution in [2.75, 3.05) is 13.7 Å². The summed E-state index contributed by atoms with van der Waals surface area (Å²) < 4.78 is 9.99. The third-order valence-corrected chi connectivity index (χ3v) is 2.16. The van der Waals surface area contributed by atoms with Crippen molar-refractivity contribution in [2.24, 2.45) is 5.92 Å². The number of benzene rings is 1. The molecule has 18 heavy (non-hydrogen) atoms. The quantitative estimate of drug-likeness (QED) is 0.813. The Hall–Kier alpha value is -2.04. The predicted molar refractivity (Wildman–Crippen MR) is 65.1 cm³/mol. The molecule has 0 amide bonds. The average Bonchev–Trinajstić information content (AvgIpc) is 2.34. The van der Waals surface area contributed by atoms with Gasteiger partial charge in [0.25, 0.3) is 0 Å². The highest BCUT2D eigenvalue weighted by atomic mass is 16.5. The first-order valence-corrected chi connectivity index (χ1v) is 5.53. The van der Waals surface area contributed by atoms with Crippen LogP contribution in [0.2, 0.25) is 0 Å². The van der Waals surface area contributed by atoms with Crippen molar-refractivity contribution in [2.45, 2.75) is 13.8 Å². The molecular weight excluding hydrogens is 236 g/mol. The summed E-state index contributed by atoms with van der Waals surface area (Å²) in [6.07, 6.45) is 0. The van der Waals surface area contributed by atoms with Gasteiger partial charge in [-0.25, -0.2) is 9.59 Å². The van der Waals surface area contributed by atoms with Gasteiger partial charge in [-0.15, -0.1) is 0 Å². The lowest BCUT2D eigenvalue weighted by molar-refractivity contribution is 0.0600. The molecule has 0 spiro atoms. The summed E-state index contributed by atoms with van der Waals surface area (Å²) in [4.78, 5) is 22.4. The Morgan fingerprint density at radius 1 is 1.22 bits per heavy atom. The maximum absolute atomic E-state index is 11.4. The molecule has 0 saturated heterocycles. The number of carbonyl (C=O) groups excluding carboxylic acids is 1. The number of carboxylic acid groups (broad SMARTS) is 1. The fraction of sp³-hybridized carbons (Fsp3) is 0.385. The lowest BCUT2D eigenvalue weighted by Crippen LogP contribution is -2.08. The third kappa shape index (κ3) is 3.76. The number of aromatic carboxylic acids is 1. The van der Waals surface area contributed by atoms with E-state index in [0.717, 1.165) is 0 Å². The molecule has 98 valence electrons. The van der Waals surface area contributed by atoms with Gasteiger partial charge in [-0.3, -0.25) is 0 Å². The Morgan fingerprint density at radius 2 is 1.83 bits per heavy atom. The Labute approximate surface area is 105 Å². The molecule has 1 rings (SSSR count). The van der Waals surface area contributed by atoms with Gasteiger partial charge in [-0.1, -0.05) is 13.8 Å². The van der Waals surface area contributed by atoms with E-state index in [1.165, 1.54) is 25.3 Å². The van der Waals surface area contributed by atoms with Gasteiger partial charge in [0, 0.05) is 0 Å². The Balaban J connectivity index is 3.06. The number of hydrogen-bond acceptors (Lipinski definition) is 4. The molecule has 1 aromatic rings. The highest BCUT2D eigenvalue weighted by Gasteiger charge is 2.13. The van der Waals surface area contributed by atoms with E-state index in [9.17, 15) is 9.59 Å². The zero-order chi connectivity index (χ0) is 13.7. The summed E-state index contributed by atoms with van der Waals surface area (Å²) in [5, 5.41) is 8.96. The van der Waals surface area contributed by atoms with Crippen molar-refractivity contribution in [3.05, 3.63) is 29.3 Å². The fourth-order valence-corrected chi connectivity index (χ4v) is 1.30. The highest BCUT2D eigenvalue weighted by Crippen LogP contribution is 2.19. The standard InChI is InChI=1S/C13H16O5/c1-8(2)7-18-11-5-9(12(14)15)4-10(6-11)13(16)17-3/h4-6,8H,7H2,1-3H3,(H,14,15). The summed E-state index contributed by atoms with van der Waals surface area (Å²) in [6.45, 7) is 4.40. The van der Waals surface area contributed by atoms with E-state index in [0.29, 0.717) is 18.3 Å². The average molecular weight is 252 g/mol. The minimum Gasteiger partial charge on any atom is -0.493 e. The number of hydrogen-bond donors (Lipinski definition) is 1. The van der Waals surface area contributed by atoms with Crippen molar-refractivity contribution in [1.29, 1.82) is 0 Å². The summed E-state index contributed by atoms with van der Waals surface area (Å²) in [7, 11) is 1.24. The van der Waals surface area contributed by atoms with Crippen LogP contribution in [0.5, 0.6) is 5.75 Å². The van der Waals surface area contributed by atoms with Crippen molar-refractivity contribution < 1.29 is 24.2 Å². The topological polar surface area (TPSA) is 72.8 Å². The van der Waals surface area contributed by atoms with Crippen LogP contribution in [0.25, 0.3) is 0 Å². The fourth-order valence-electron chi connectivity index (χ4n) is 1.30. The van der Waals surface area contributed by atoms with Crippen LogP contribution in [0.3, 0.4) is 0 Å². The Morgan fingerprint density at radius 3 is 2.33 bits per heavy atom. The molecule has 0 radical (unpaired) electrons. The van der Waals surface area contributed by atoms with Gasteiger partial charge in [0.15, 0.2) is 0 Å². The lowest BCUT2D eigenvalue weighted by Gasteiger charge is -2.10. The van der Waals surface area contributed by atoms with Crippen molar-refractivity contribution in [3.63, 3.8) is 0 Å². The minimum atomic E-state index is -1.12. The summed E-state index contributed by atoms with van der Waals surface area (Å²) >= 11 is 0. The van der Waals surface area contributed by atoms with E-state index in [1.807, 2.05) is 13.8 Å². The van der Waals surface area contributed by atoms with E-state index in [4.69, 9.17) is 9.84 Å². The van der Waals surface area contributed by atoms with Crippen molar-refractivity contribution >= 4 is 11.9 Å². The van der Waals surface area contributed by atoms with Crippen LogP contribution in [0.4, 0.5) is 0 Å². The third-order valence-electron chi connectivity index (χ3n) is 2.16. The molecule has 0 aliphatic rings. The maximum Gasteiger partial charge on any atom is 0.338 e. The molecule has 1 aromatic carbocycles. The smallest absolute Gasteiger partial charge is 0.338 e. The number of methoxy groups -OCH3 is 1. The van der Waals surface area contributed by atoms with Crippen LogP contribution in [-0.4, -0.2) is 30.8 Å². The van der Waals surface area contributed by atoms with Gasteiger partial charge in [-0.05, 0) is 24.1 Å². The SMILES string of the molecule is COC(=O)c1cc(OCC(C)C)cc(C(=O)O)c1. The van der Waals surface area contributed by atoms with Gasteiger partial charge in [0.1, 0.15) is 5.75 Å². The Bertz CT molecular complexity index is 451.